The SMILES string of the molecule is COCc1cc2nc3c(ccc4[nH]c5c(c43)CCNC5)nc2cc1C(=O)OC(C)C. The van der Waals surface area contributed by atoms with Gasteiger partial charge in [0.15, 0.2) is 0 Å². The number of carbonyl (C=O) groups excluding carboxylic acids is 1. The summed E-state index contributed by atoms with van der Waals surface area (Å²) in [6.45, 7) is 5.76. The average molecular weight is 404 g/mol. The molecular weight excluding hydrogens is 380 g/mol. The third-order valence-electron chi connectivity index (χ3n) is 5.50. The van der Waals surface area contributed by atoms with Gasteiger partial charge in [0, 0.05) is 30.3 Å². The van der Waals surface area contributed by atoms with E-state index >= 15 is 0 Å². The van der Waals surface area contributed by atoms with E-state index in [1.807, 2.05) is 26.0 Å². The molecule has 154 valence electrons. The fourth-order valence-electron chi connectivity index (χ4n) is 4.23. The second-order valence-electron chi connectivity index (χ2n) is 7.97. The lowest BCUT2D eigenvalue weighted by molar-refractivity contribution is 0.0373. The fraction of sp³-hybridized carbons (Fsp3) is 0.348. The van der Waals surface area contributed by atoms with Crippen molar-refractivity contribution in [3.05, 3.63) is 46.6 Å². The number of hydrogen-bond donors (Lipinski definition) is 2. The van der Waals surface area contributed by atoms with Gasteiger partial charge in [0.2, 0.25) is 0 Å². The highest BCUT2D eigenvalue weighted by molar-refractivity contribution is 6.08. The molecule has 0 unspecified atom stereocenters. The summed E-state index contributed by atoms with van der Waals surface area (Å²) in [5.74, 6) is -0.372. The number of aromatic nitrogens is 3. The van der Waals surface area contributed by atoms with E-state index in [1.54, 1.807) is 13.2 Å². The van der Waals surface area contributed by atoms with E-state index in [0.29, 0.717) is 17.7 Å². The maximum Gasteiger partial charge on any atom is 0.338 e. The lowest BCUT2D eigenvalue weighted by Crippen LogP contribution is -2.23. The minimum Gasteiger partial charge on any atom is -0.459 e. The molecule has 2 aromatic heterocycles. The molecule has 1 aliphatic rings. The Bertz CT molecular complexity index is 1290. The molecule has 0 fully saturated rings. The van der Waals surface area contributed by atoms with Crippen LogP contribution in [0.2, 0.25) is 0 Å². The minimum atomic E-state index is -0.372. The van der Waals surface area contributed by atoms with Crippen molar-refractivity contribution in [2.45, 2.75) is 39.5 Å². The van der Waals surface area contributed by atoms with Gasteiger partial charge in [-0.15, -0.1) is 0 Å². The Morgan fingerprint density at radius 3 is 2.80 bits per heavy atom. The summed E-state index contributed by atoms with van der Waals surface area (Å²) in [5, 5.41) is 4.55. The van der Waals surface area contributed by atoms with E-state index in [2.05, 4.69) is 16.4 Å². The second-order valence-corrected chi connectivity index (χ2v) is 7.97. The first kappa shape index (κ1) is 19.0. The van der Waals surface area contributed by atoms with E-state index in [9.17, 15) is 4.79 Å². The van der Waals surface area contributed by atoms with Gasteiger partial charge in [-0.3, -0.25) is 0 Å². The Labute approximate surface area is 173 Å². The van der Waals surface area contributed by atoms with E-state index in [0.717, 1.165) is 52.5 Å². The molecule has 0 spiro atoms. The first-order valence-corrected chi connectivity index (χ1v) is 10.2. The van der Waals surface area contributed by atoms with Crippen LogP contribution in [0, 0.1) is 0 Å². The standard InChI is InChI=1S/C23H24N4O3/c1-12(2)30-23(28)15-9-19-18(8-13(15)11-29-3)27-22-17(26-19)5-4-16-21(22)14-6-7-24-10-20(14)25-16/h4-5,8-9,12,24-25H,6-7,10-11H2,1-3H3. The van der Waals surface area contributed by atoms with Crippen LogP contribution in [0.3, 0.4) is 0 Å². The van der Waals surface area contributed by atoms with Gasteiger partial charge < -0.3 is 19.8 Å². The van der Waals surface area contributed by atoms with Crippen LogP contribution in [0.4, 0.5) is 0 Å². The number of fused-ring (bicyclic) bond motifs is 6. The molecule has 0 saturated carbocycles. The minimum absolute atomic E-state index is 0.200. The Kier molecular flexibility index (Phi) is 4.64. The summed E-state index contributed by atoms with van der Waals surface area (Å²) in [5.41, 5.74) is 7.96. The van der Waals surface area contributed by atoms with Gasteiger partial charge in [-0.05, 0) is 62.2 Å². The number of rotatable bonds is 4. The van der Waals surface area contributed by atoms with E-state index < -0.39 is 0 Å². The van der Waals surface area contributed by atoms with Crippen molar-refractivity contribution < 1.29 is 14.3 Å². The highest BCUT2D eigenvalue weighted by Gasteiger charge is 2.20. The Morgan fingerprint density at radius 2 is 2.00 bits per heavy atom. The molecule has 7 heteroatoms. The number of ether oxygens (including phenoxy) is 2. The van der Waals surface area contributed by atoms with Gasteiger partial charge in [0.25, 0.3) is 0 Å². The predicted octanol–water partition coefficient (Wildman–Crippen LogP) is 3.62. The molecule has 7 nitrogen and oxygen atoms in total. The van der Waals surface area contributed by atoms with Gasteiger partial charge in [-0.2, -0.15) is 0 Å². The second kappa shape index (κ2) is 7.34. The number of methoxy groups -OCH3 is 1. The van der Waals surface area contributed by atoms with Crippen molar-refractivity contribution in [1.82, 2.24) is 20.3 Å². The molecule has 0 saturated heterocycles. The quantitative estimate of drug-likeness (QED) is 0.399. The zero-order valence-corrected chi connectivity index (χ0v) is 17.3. The van der Waals surface area contributed by atoms with Crippen molar-refractivity contribution in [3.63, 3.8) is 0 Å². The van der Waals surface area contributed by atoms with Crippen LogP contribution < -0.4 is 5.32 Å². The molecule has 0 radical (unpaired) electrons. The average Bonchev–Trinajstić information content (AvgIpc) is 3.10. The maximum absolute atomic E-state index is 12.6. The fourth-order valence-corrected chi connectivity index (χ4v) is 4.23. The van der Waals surface area contributed by atoms with Crippen molar-refractivity contribution in [2.24, 2.45) is 0 Å². The largest absolute Gasteiger partial charge is 0.459 e. The first-order valence-electron chi connectivity index (χ1n) is 10.2. The molecule has 2 aromatic carbocycles. The van der Waals surface area contributed by atoms with Gasteiger partial charge >= 0.3 is 5.97 Å². The van der Waals surface area contributed by atoms with Crippen LogP contribution in [0.1, 0.15) is 41.0 Å². The number of esters is 1. The normalized spacial score (nSPS) is 14.0. The summed E-state index contributed by atoms with van der Waals surface area (Å²) >= 11 is 0. The Hall–Kier alpha value is -3.03. The monoisotopic (exact) mass is 404 g/mol. The number of nitrogens with one attached hydrogen (secondary N) is 2. The molecule has 0 bridgehead atoms. The third kappa shape index (κ3) is 3.11. The van der Waals surface area contributed by atoms with Crippen LogP contribution in [-0.2, 0) is 29.0 Å². The van der Waals surface area contributed by atoms with Crippen molar-refractivity contribution >= 4 is 38.9 Å². The van der Waals surface area contributed by atoms with Crippen molar-refractivity contribution in [1.29, 1.82) is 0 Å². The zero-order valence-electron chi connectivity index (χ0n) is 17.3. The Morgan fingerprint density at radius 1 is 1.17 bits per heavy atom. The summed E-state index contributed by atoms with van der Waals surface area (Å²) in [6.07, 6.45) is 0.761. The van der Waals surface area contributed by atoms with Gasteiger partial charge in [-0.25, -0.2) is 14.8 Å². The van der Waals surface area contributed by atoms with Crippen molar-refractivity contribution in [3.8, 4) is 0 Å². The topological polar surface area (TPSA) is 89.1 Å². The predicted molar refractivity (Wildman–Crippen MR) is 116 cm³/mol. The van der Waals surface area contributed by atoms with Crippen LogP contribution in [-0.4, -0.2) is 40.7 Å². The number of nitrogens with zero attached hydrogens (tertiary/aromatic N) is 2. The van der Waals surface area contributed by atoms with Crippen LogP contribution >= 0.6 is 0 Å². The van der Waals surface area contributed by atoms with Gasteiger partial charge in [-0.1, -0.05) is 0 Å². The van der Waals surface area contributed by atoms with E-state index in [4.69, 9.17) is 19.4 Å². The maximum atomic E-state index is 12.6. The molecule has 1 aliphatic heterocycles. The van der Waals surface area contributed by atoms with Gasteiger partial charge in [0.1, 0.15) is 0 Å². The number of hydrogen-bond acceptors (Lipinski definition) is 6. The van der Waals surface area contributed by atoms with Crippen molar-refractivity contribution in [2.75, 3.05) is 13.7 Å². The smallest absolute Gasteiger partial charge is 0.338 e. The molecular formula is C23H24N4O3. The molecule has 30 heavy (non-hydrogen) atoms. The Balaban J connectivity index is 1.75. The molecule has 5 rings (SSSR count). The number of aromatic amines is 1. The number of benzene rings is 2. The third-order valence-corrected chi connectivity index (χ3v) is 5.50. The highest BCUT2D eigenvalue weighted by Crippen LogP contribution is 2.32. The lowest BCUT2D eigenvalue weighted by Gasteiger charge is -2.14. The molecule has 0 atom stereocenters. The van der Waals surface area contributed by atoms with E-state index in [-0.39, 0.29) is 12.1 Å². The first-order chi connectivity index (χ1) is 14.5. The summed E-state index contributed by atoms with van der Waals surface area (Å²) in [6, 6.07) is 7.70. The van der Waals surface area contributed by atoms with Crippen LogP contribution in [0.25, 0.3) is 33.0 Å². The zero-order chi connectivity index (χ0) is 20.8. The number of H-pyrrole nitrogens is 1. The number of carbonyl (C=O) groups is 1. The summed E-state index contributed by atoms with van der Waals surface area (Å²) in [4.78, 5) is 26.0. The molecule has 2 N–H and O–H groups in total. The highest BCUT2D eigenvalue weighted by atomic mass is 16.5. The van der Waals surface area contributed by atoms with Gasteiger partial charge in [0.05, 0.1) is 40.3 Å². The molecule has 3 heterocycles. The summed E-state index contributed by atoms with van der Waals surface area (Å²) < 4.78 is 10.7. The molecule has 4 aromatic rings. The van der Waals surface area contributed by atoms with Crippen LogP contribution in [0.5, 0.6) is 0 Å². The van der Waals surface area contributed by atoms with E-state index in [1.165, 1.54) is 11.3 Å². The molecule has 0 aliphatic carbocycles. The summed E-state index contributed by atoms with van der Waals surface area (Å²) in [7, 11) is 1.61. The lowest BCUT2D eigenvalue weighted by atomic mass is 10.0. The van der Waals surface area contributed by atoms with Crippen LogP contribution in [0.15, 0.2) is 24.3 Å². The molecule has 0 amide bonds.